The van der Waals surface area contributed by atoms with Crippen LogP contribution in [0.15, 0.2) is 48.5 Å². The lowest BCUT2D eigenvalue weighted by Crippen LogP contribution is -2.24. The molecule has 0 radical (unpaired) electrons. The van der Waals surface area contributed by atoms with E-state index in [0.29, 0.717) is 13.0 Å². The average molecular weight is 274 g/mol. The lowest BCUT2D eigenvalue weighted by atomic mass is 9.89. The first-order valence-electron chi connectivity index (χ1n) is 6.71. The summed E-state index contributed by atoms with van der Waals surface area (Å²) in [6.45, 7) is 4.22. The Morgan fingerprint density at radius 1 is 1.15 bits per heavy atom. The first kappa shape index (κ1) is 14.5. The molecule has 0 aliphatic heterocycles. The predicted octanol–water partition coefficient (Wildman–Crippen LogP) is 3.67. The zero-order chi connectivity index (χ0) is 14.6. The van der Waals surface area contributed by atoms with Crippen LogP contribution in [0.5, 0.6) is 5.75 Å². The fraction of sp³-hybridized carbons (Fsp3) is 0.294. The molecule has 0 aromatic heterocycles. The highest BCUT2D eigenvalue weighted by Crippen LogP contribution is 2.28. The van der Waals surface area contributed by atoms with Crippen molar-refractivity contribution in [3.63, 3.8) is 0 Å². The molecule has 2 aromatic rings. The van der Waals surface area contributed by atoms with E-state index in [2.05, 4.69) is 0 Å². The summed E-state index contributed by atoms with van der Waals surface area (Å²) in [5, 5.41) is 10.6. The first-order valence-corrected chi connectivity index (χ1v) is 6.71. The molecule has 1 atom stereocenters. The highest BCUT2D eigenvalue weighted by atomic mass is 19.1. The van der Waals surface area contributed by atoms with Crippen LogP contribution in [0, 0.1) is 5.82 Å². The maximum atomic E-state index is 13.2. The Bertz CT molecular complexity index is 579. The van der Waals surface area contributed by atoms with Crippen LogP contribution in [0.25, 0.3) is 0 Å². The zero-order valence-corrected chi connectivity index (χ0v) is 11.8. The van der Waals surface area contributed by atoms with E-state index in [1.54, 1.807) is 13.0 Å². The zero-order valence-electron chi connectivity index (χ0n) is 11.8. The van der Waals surface area contributed by atoms with Crippen molar-refractivity contribution < 1.29 is 14.2 Å². The van der Waals surface area contributed by atoms with Crippen LogP contribution in [-0.4, -0.2) is 11.7 Å². The van der Waals surface area contributed by atoms with Crippen LogP contribution in [-0.2, 0) is 12.0 Å². The Kier molecular flexibility index (Phi) is 4.40. The molecule has 0 fully saturated rings. The van der Waals surface area contributed by atoms with E-state index in [9.17, 15) is 9.50 Å². The summed E-state index contributed by atoms with van der Waals surface area (Å²) in [5.41, 5.74) is 0.450. The van der Waals surface area contributed by atoms with Gasteiger partial charge < -0.3 is 9.84 Å². The second-order valence-electron chi connectivity index (χ2n) is 5.04. The van der Waals surface area contributed by atoms with E-state index < -0.39 is 5.60 Å². The second kappa shape index (κ2) is 6.06. The van der Waals surface area contributed by atoms with E-state index in [-0.39, 0.29) is 5.82 Å². The third-order valence-corrected chi connectivity index (χ3v) is 3.20. The molecule has 0 saturated heterocycles. The largest absolute Gasteiger partial charge is 0.494 e. The summed E-state index contributed by atoms with van der Waals surface area (Å²) in [6.07, 6.45) is 0.348. The van der Waals surface area contributed by atoms with E-state index >= 15 is 0 Å². The molecular formula is C17H19FO2. The SMILES string of the molecule is CCOc1cccc(C(C)(O)Cc2cccc(F)c2)c1. The normalized spacial score (nSPS) is 13.8. The highest BCUT2D eigenvalue weighted by molar-refractivity contribution is 5.33. The van der Waals surface area contributed by atoms with Gasteiger partial charge in [-0.1, -0.05) is 24.3 Å². The molecule has 2 nitrogen and oxygen atoms in total. The molecule has 2 aromatic carbocycles. The Balaban J connectivity index is 2.23. The van der Waals surface area contributed by atoms with Crippen molar-refractivity contribution in [1.29, 1.82) is 0 Å². The van der Waals surface area contributed by atoms with Crippen molar-refractivity contribution in [2.75, 3.05) is 6.61 Å². The topological polar surface area (TPSA) is 29.5 Å². The summed E-state index contributed by atoms with van der Waals surface area (Å²) in [4.78, 5) is 0. The predicted molar refractivity (Wildman–Crippen MR) is 77.3 cm³/mol. The average Bonchev–Trinajstić information content (AvgIpc) is 2.39. The number of rotatable bonds is 5. The number of aliphatic hydroxyl groups is 1. The van der Waals surface area contributed by atoms with E-state index in [4.69, 9.17) is 4.74 Å². The maximum absolute atomic E-state index is 13.2. The molecule has 0 amide bonds. The monoisotopic (exact) mass is 274 g/mol. The van der Waals surface area contributed by atoms with Crippen molar-refractivity contribution in [2.45, 2.75) is 25.9 Å². The fourth-order valence-corrected chi connectivity index (χ4v) is 2.23. The van der Waals surface area contributed by atoms with Crippen molar-refractivity contribution in [1.82, 2.24) is 0 Å². The van der Waals surface area contributed by atoms with Gasteiger partial charge in [0.25, 0.3) is 0 Å². The van der Waals surface area contributed by atoms with Crippen LogP contribution in [0.1, 0.15) is 25.0 Å². The quantitative estimate of drug-likeness (QED) is 0.901. The van der Waals surface area contributed by atoms with E-state index in [1.807, 2.05) is 37.3 Å². The summed E-state index contributed by atoms with van der Waals surface area (Å²) >= 11 is 0. The number of benzene rings is 2. The van der Waals surface area contributed by atoms with Crippen LogP contribution < -0.4 is 4.74 Å². The van der Waals surface area contributed by atoms with Crippen LogP contribution in [0.4, 0.5) is 4.39 Å². The van der Waals surface area contributed by atoms with E-state index in [0.717, 1.165) is 16.9 Å². The fourth-order valence-electron chi connectivity index (χ4n) is 2.23. The molecule has 106 valence electrons. The molecule has 0 saturated carbocycles. The Morgan fingerprint density at radius 3 is 2.60 bits per heavy atom. The molecule has 20 heavy (non-hydrogen) atoms. The molecule has 3 heteroatoms. The smallest absolute Gasteiger partial charge is 0.123 e. The molecule has 0 spiro atoms. The Hall–Kier alpha value is -1.87. The standard InChI is InChI=1S/C17H19FO2/c1-3-20-16-9-5-7-14(11-16)17(2,19)12-13-6-4-8-15(18)10-13/h4-11,19H,3,12H2,1-2H3. The van der Waals surface area contributed by atoms with Gasteiger partial charge in [-0.25, -0.2) is 4.39 Å². The Morgan fingerprint density at radius 2 is 1.90 bits per heavy atom. The molecular weight excluding hydrogens is 255 g/mol. The van der Waals surface area contributed by atoms with Gasteiger partial charge in [0.15, 0.2) is 0 Å². The minimum absolute atomic E-state index is 0.290. The van der Waals surface area contributed by atoms with Crippen molar-refractivity contribution >= 4 is 0 Å². The summed E-state index contributed by atoms with van der Waals surface area (Å²) in [6, 6.07) is 13.7. The van der Waals surface area contributed by atoms with Crippen LogP contribution >= 0.6 is 0 Å². The van der Waals surface area contributed by atoms with Gasteiger partial charge in [-0.3, -0.25) is 0 Å². The Labute approximate surface area is 118 Å². The van der Waals surface area contributed by atoms with Gasteiger partial charge in [0, 0.05) is 6.42 Å². The molecule has 0 heterocycles. The number of hydrogen-bond acceptors (Lipinski definition) is 2. The van der Waals surface area contributed by atoms with Gasteiger partial charge in [0.05, 0.1) is 12.2 Å². The number of halogens is 1. The number of ether oxygens (including phenoxy) is 1. The van der Waals surface area contributed by atoms with Crippen molar-refractivity contribution in [3.05, 3.63) is 65.5 Å². The van der Waals surface area contributed by atoms with Crippen LogP contribution in [0.3, 0.4) is 0 Å². The summed E-state index contributed by atoms with van der Waals surface area (Å²) in [5.74, 6) is 0.436. The maximum Gasteiger partial charge on any atom is 0.123 e. The van der Waals surface area contributed by atoms with Crippen LogP contribution in [0.2, 0.25) is 0 Å². The van der Waals surface area contributed by atoms with Gasteiger partial charge in [0.2, 0.25) is 0 Å². The van der Waals surface area contributed by atoms with Gasteiger partial charge >= 0.3 is 0 Å². The molecule has 2 rings (SSSR count). The summed E-state index contributed by atoms with van der Waals surface area (Å²) < 4.78 is 18.6. The van der Waals surface area contributed by atoms with Gasteiger partial charge in [-0.05, 0) is 49.2 Å². The lowest BCUT2D eigenvalue weighted by Gasteiger charge is -2.24. The summed E-state index contributed by atoms with van der Waals surface area (Å²) in [7, 11) is 0. The molecule has 1 N–H and O–H groups in total. The van der Waals surface area contributed by atoms with Gasteiger partial charge in [0.1, 0.15) is 11.6 Å². The highest BCUT2D eigenvalue weighted by Gasteiger charge is 2.24. The minimum atomic E-state index is -1.07. The van der Waals surface area contributed by atoms with Gasteiger partial charge in [-0.15, -0.1) is 0 Å². The van der Waals surface area contributed by atoms with E-state index in [1.165, 1.54) is 12.1 Å². The molecule has 1 unspecified atom stereocenters. The first-order chi connectivity index (χ1) is 9.51. The molecule has 0 bridgehead atoms. The third kappa shape index (κ3) is 3.58. The minimum Gasteiger partial charge on any atom is -0.494 e. The second-order valence-corrected chi connectivity index (χ2v) is 5.04. The number of hydrogen-bond donors (Lipinski definition) is 1. The lowest BCUT2D eigenvalue weighted by molar-refractivity contribution is 0.0573. The molecule has 0 aliphatic rings. The van der Waals surface area contributed by atoms with Gasteiger partial charge in [-0.2, -0.15) is 0 Å². The van der Waals surface area contributed by atoms with Crippen molar-refractivity contribution in [3.8, 4) is 5.75 Å². The molecule has 0 aliphatic carbocycles. The third-order valence-electron chi connectivity index (χ3n) is 3.20. The van der Waals surface area contributed by atoms with Crippen molar-refractivity contribution in [2.24, 2.45) is 0 Å².